The third-order valence-corrected chi connectivity index (χ3v) is 1.96. The van der Waals surface area contributed by atoms with E-state index in [0.29, 0.717) is 6.61 Å². The number of anilines is 1. The molecule has 0 spiro atoms. The van der Waals surface area contributed by atoms with Crippen LogP contribution in [0, 0.1) is 0 Å². The van der Waals surface area contributed by atoms with E-state index in [9.17, 15) is 0 Å². The predicted molar refractivity (Wildman–Crippen MR) is 65.5 cm³/mol. The first-order chi connectivity index (χ1) is 7.22. The van der Waals surface area contributed by atoms with E-state index in [1.165, 1.54) is 5.57 Å². The van der Waals surface area contributed by atoms with Crippen LogP contribution in [0.4, 0.5) is 5.69 Å². The zero-order valence-corrected chi connectivity index (χ0v) is 9.71. The minimum absolute atomic E-state index is 0.706. The Labute approximate surface area is 92.0 Å². The van der Waals surface area contributed by atoms with Gasteiger partial charge >= 0.3 is 0 Å². The highest BCUT2D eigenvalue weighted by Gasteiger charge is 1.94. The van der Waals surface area contributed by atoms with E-state index in [0.717, 1.165) is 18.0 Å². The van der Waals surface area contributed by atoms with Gasteiger partial charge in [0.05, 0.1) is 6.61 Å². The van der Waals surface area contributed by atoms with Crippen LogP contribution in [0.15, 0.2) is 35.9 Å². The molecule has 0 amide bonds. The van der Waals surface area contributed by atoms with Gasteiger partial charge in [0.1, 0.15) is 5.75 Å². The van der Waals surface area contributed by atoms with Gasteiger partial charge in [-0.05, 0) is 32.9 Å². The van der Waals surface area contributed by atoms with Gasteiger partial charge in [0.25, 0.3) is 0 Å². The number of benzene rings is 1. The monoisotopic (exact) mass is 205 g/mol. The molecule has 0 unspecified atom stereocenters. The molecule has 82 valence electrons. The van der Waals surface area contributed by atoms with Crippen molar-refractivity contribution in [2.24, 2.45) is 0 Å². The van der Waals surface area contributed by atoms with E-state index in [2.05, 4.69) is 25.2 Å². The number of rotatable bonds is 5. The van der Waals surface area contributed by atoms with Crippen molar-refractivity contribution in [3.8, 4) is 5.75 Å². The number of allylic oxidation sites excluding steroid dienone is 1. The van der Waals surface area contributed by atoms with Gasteiger partial charge in [-0.1, -0.05) is 17.7 Å². The molecular weight excluding hydrogens is 186 g/mol. The molecule has 0 atom stereocenters. The Morgan fingerprint density at radius 3 is 2.87 bits per heavy atom. The Morgan fingerprint density at radius 2 is 2.20 bits per heavy atom. The first-order valence-electron chi connectivity index (χ1n) is 5.32. The molecule has 1 rings (SSSR count). The predicted octanol–water partition coefficient (Wildman–Crippen LogP) is 3.46. The summed E-state index contributed by atoms with van der Waals surface area (Å²) in [4.78, 5) is 0. The van der Waals surface area contributed by atoms with E-state index in [1.54, 1.807) is 0 Å². The van der Waals surface area contributed by atoms with Gasteiger partial charge in [0.2, 0.25) is 0 Å². The molecule has 0 aromatic heterocycles. The molecule has 0 heterocycles. The molecule has 0 aliphatic heterocycles. The molecule has 0 fully saturated rings. The highest BCUT2D eigenvalue weighted by Crippen LogP contribution is 2.16. The Morgan fingerprint density at radius 1 is 1.40 bits per heavy atom. The number of hydrogen-bond acceptors (Lipinski definition) is 2. The van der Waals surface area contributed by atoms with Gasteiger partial charge in [-0.15, -0.1) is 0 Å². The molecule has 1 aromatic carbocycles. The Hall–Kier alpha value is -1.44. The fraction of sp³-hybridized carbons (Fsp3) is 0.385. The largest absolute Gasteiger partial charge is 0.494 e. The van der Waals surface area contributed by atoms with Gasteiger partial charge in [-0.3, -0.25) is 0 Å². The summed E-state index contributed by atoms with van der Waals surface area (Å²) >= 11 is 0. The van der Waals surface area contributed by atoms with Gasteiger partial charge < -0.3 is 10.1 Å². The van der Waals surface area contributed by atoms with Crippen LogP contribution in [0.25, 0.3) is 0 Å². The van der Waals surface area contributed by atoms with Crippen LogP contribution in [0.1, 0.15) is 20.8 Å². The van der Waals surface area contributed by atoms with Crippen LogP contribution < -0.4 is 10.1 Å². The van der Waals surface area contributed by atoms with E-state index < -0.39 is 0 Å². The summed E-state index contributed by atoms with van der Waals surface area (Å²) in [6.07, 6.45) is 2.16. The lowest BCUT2D eigenvalue weighted by Gasteiger charge is -2.07. The van der Waals surface area contributed by atoms with Crippen molar-refractivity contribution in [3.63, 3.8) is 0 Å². The first-order valence-corrected chi connectivity index (χ1v) is 5.32. The molecule has 0 aliphatic carbocycles. The second-order valence-corrected chi connectivity index (χ2v) is 3.62. The molecule has 1 N–H and O–H groups in total. The molecule has 0 saturated heterocycles. The number of nitrogens with one attached hydrogen (secondary N) is 1. The average Bonchev–Trinajstić information content (AvgIpc) is 2.18. The smallest absolute Gasteiger partial charge is 0.121 e. The second-order valence-electron chi connectivity index (χ2n) is 3.62. The van der Waals surface area contributed by atoms with Crippen LogP contribution in [0.5, 0.6) is 5.75 Å². The molecule has 0 radical (unpaired) electrons. The lowest BCUT2D eigenvalue weighted by atomic mass is 10.3. The summed E-state index contributed by atoms with van der Waals surface area (Å²) in [7, 11) is 0. The van der Waals surface area contributed by atoms with Gasteiger partial charge in [-0.25, -0.2) is 0 Å². The average molecular weight is 205 g/mol. The zero-order valence-electron chi connectivity index (χ0n) is 9.71. The lowest BCUT2D eigenvalue weighted by Crippen LogP contribution is -1.99. The molecule has 0 aliphatic rings. The van der Waals surface area contributed by atoms with E-state index in [4.69, 9.17) is 4.74 Å². The van der Waals surface area contributed by atoms with Crippen LogP contribution in [-0.2, 0) is 0 Å². The zero-order chi connectivity index (χ0) is 11.1. The fourth-order valence-corrected chi connectivity index (χ4v) is 1.24. The topological polar surface area (TPSA) is 21.3 Å². The summed E-state index contributed by atoms with van der Waals surface area (Å²) < 4.78 is 5.42. The van der Waals surface area contributed by atoms with E-state index in [-0.39, 0.29) is 0 Å². The number of ether oxygens (including phenoxy) is 1. The summed E-state index contributed by atoms with van der Waals surface area (Å²) in [6.45, 7) is 7.75. The van der Waals surface area contributed by atoms with Crippen molar-refractivity contribution in [2.45, 2.75) is 20.8 Å². The molecule has 2 heteroatoms. The van der Waals surface area contributed by atoms with Crippen LogP contribution >= 0.6 is 0 Å². The van der Waals surface area contributed by atoms with Crippen LogP contribution in [0.3, 0.4) is 0 Å². The summed E-state index contributed by atoms with van der Waals surface area (Å²) in [5, 5.41) is 3.32. The SMILES string of the molecule is CCOc1cccc(NCC=C(C)C)c1. The third kappa shape index (κ3) is 4.54. The maximum Gasteiger partial charge on any atom is 0.121 e. The molecule has 1 aromatic rings. The third-order valence-electron chi connectivity index (χ3n) is 1.96. The normalized spacial score (nSPS) is 9.53. The molecule has 2 nitrogen and oxygen atoms in total. The number of hydrogen-bond donors (Lipinski definition) is 1. The lowest BCUT2D eigenvalue weighted by molar-refractivity contribution is 0.340. The maximum absolute atomic E-state index is 5.42. The minimum Gasteiger partial charge on any atom is -0.494 e. The van der Waals surface area contributed by atoms with Crippen molar-refractivity contribution in [1.29, 1.82) is 0 Å². The van der Waals surface area contributed by atoms with Crippen molar-refractivity contribution in [3.05, 3.63) is 35.9 Å². The van der Waals surface area contributed by atoms with Gasteiger partial charge in [0, 0.05) is 18.3 Å². The standard InChI is InChI=1S/C13H19NO/c1-4-15-13-7-5-6-12(10-13)14-9-8-11(2)3/h5-8,10,14H,4,9H2,1-3H3. The summed E-state index contributed by atoms with van der Waals surface area (Å²) in [5.41, 5.74) is 2.42. The molecular formula is C13H19NO. The van der Waals surface area contributed by atoms with E-state index >= 15 is 0 Å². The quantitative estimate of drug-likeness (QED) is 0.743. The van der Waals surface area contributed by atoms with E-state index in [1.807, 2.05) is 31.2 Å². The Bertz CT molecular complexity index is 327. The van der Waals surface area contributed by atoms with Crippen molar-refractivity contribution >= 4 is 5.69 Å². The Kier molecular flexibility index (Phi) is 4.75. The highest BCUT2D eigenvalue weighted by molar-refractivity contribution is 5.48. The van der Waals surface area contributed by atoms with Crippen molar-refractivity contribution in [2.75, 3.05) is 18.5 Å². The maximum atomic E-state index is 5.42. The molecule has 0 saturated carbocycles. The van der Waals surface area contributed by atoms with Crippen LogP contribution in [0.2, 0.25) is 0 Å². The first kappa shape index (κ1) is 11.6. The fourth-order valence-electron chi connectivity index (χ4n) is 1.24. The summed E-state index contributed by atoms with van der Waals surface area (Å²) in [6, 6.07) is 8.02. The van der Waals surface area contributed by atoms with Gasteiger partial charge in [0.15, 0.2) is 0 Å². The summed E-state index contributed by atoms with van der Waals surface area (Å²) in [5.74, 6) is 0.916. The highest BCUT2D eigenvalue weighted by atomic mass is 16.5. The molecule has 15 heavy (non-hydrogen) atoms. The Balaban J connectivity index is 2.53. The molecule has 0 bridgehead atoms. The van der Waals surface area contributed by atoms with Gasteiger partial charge in [-0.2, -0.15) is 0 Å². The minimum atomic E-state index is 0.706. The van der Waals surface area contributed by atoms with Crippen molar-refractivity contribution < 1.29 is 4.74 Å². The van der Waals surface area contributed by atoms with Crippen LogP contribution in [-0.4, -0.2) is 13.2 Å². The second kappa shape index (κ2) is 6.12. The van der Waals surface area contributed by atoms with Crippen molar-refractivity contribution in [1.82, 2.24) is 0 Å².